The Morgan fingerprint density at radius 1 is 1.32 bits per heavy atom. The lowest BCUT2D eigenvalue weighted by molar-refractivity contribution is -0.156. The summed E-state index contributed by atoms with van der Waals surface area (Å²) in [6.45, 7) is 1.60. The quantitative estimate of drug-likeness (QED) is 0.719. The molecule has 3 rings (SSSR count). The fourth-order valence-electron chi connectivity index (χ4n) is 3.40. The molecule has 0 aliphatic heterocycles. The van der Waals surface area contributed by atoms with Crippen molar-refractivity contribution in [3.8, 4) is 0 Å². The molecular weight excluding hydrogens is 284 g/mol. The van der Waals surface area contributed by atoms with Crippen LogP contribution in [0.2, 0.25) is 0 Å². The lowest BCUT2D eigenvalue weighted by Gasteiger charge is -2.40. The van der Waals surface area contributed by atoms with Gasteiger partial charge < -0.3 is 14.9 Å². The van der Waals surface area contributed by atoms with Crippen LogP contribution in [0.4, 0.5) is 0 Å². The molecule has 0 unspecified atom stereocenters. The van der Waals surface area contributed by atoms with Crippen LogP contribution in [0.3, 0.4) is 0 Å². The number of rotatable bonds is 2. The van der Waals surface area contributed by atoms with E-state index in [9.17, 15) is 14.7 Å². The van der Waals surface area contributed by atoms with Crippen molar-refractivity contribution in [3.05, 3.63) is 57.5 Å². The number of carbonyl (C=O) groups excluding carboxylic acids is 1. The maximum absolute atomic E-state index is 12.3. The third kappa shape index (κ3) is 2.16. The van der Waals surface area contributed by atoms with Gasteiger partial charge in [-0.3, -0.25) is 14.7 Å². The highest BCUT2D eigenvalue weighted by atomic mass is 16.5. The molecule has 0 saturated heterocycles. The fourth-order valence-corrected chi connectivity index (χ4v) is 3.40. The number of aromatic nitrogens is 2. The van der Waals surface area contributed by atoms with Gasteiger partial charge in [-0.15, -0.1) is 0 Å². The molecule has 6 nitrogen and oxygen atoms in total. The number of esters is 1. The fraction of sp³-hybridized carbons (Fsp3) is 0.375. The van der Waals surface area contributed by atoms with Gasteiger partial charge in [-0.1, -0.05) is 30.3 Å². The zero-order chi connectivity index (χ0) is 15.9. The number of aromatic amines is 2. The van der Waals surface area contributed by atoms with Crippen molar-refractivity contribution in [1.82, 2.24) is 10.2 Å². The van der Waals surface area contributed by atoms with Crippen molar-refractivity contribution in [1.29, 1.82) is 0 Å². The van der Waals surface area contributed by atoms with Gasteiger partial charge in [0.2, 0.25) is 0 Å². The number of ether oxygens (including phenoxy) is 1. The Morgan fingerprint density at radius 2 is 2.00 bits per heavy atom. The average Bonchev–Trinajstić information content (AvgIpc) is 2.85. The summed E-state index contributed by atoms with van der Waals surface area (Å²) in [5.74, 6) is -1.92. The smallest absolute Gasteiger partial charge is 0.312 e. The van der Waals surface area contributed by atoms with Crippen molar-refractivity contribution in [3.63, 3.8) is 0 Å². The van der Waals surface area contributed by atoms with Crippen LogP contribution in [0.25, 0.3) is 0 Å². The predicted molar refractivity (Wildman–Crippen MR) is 79.5 cm³/mol. The Balaban J connectivity index is 2.25. The Kier molecular flexibility index (Phi) is 3.41. The Bertz CT molecular complexity index is 745. The molecule has 1 heterocycles. The highest BCUT2D eigenvalue weighted by Crippen LogP contribution is 2.44. The van der Waals surface area contributed by atoms with E-state index >= 15 is 0 Å². The first kappa shape index (κ1) is 14.6. The van der Waals surface area contributed by atoms with Gasteiger partial charge in [0.05, 0.1) is 18.6 Å². The van der Waals surface area contributed by atoms with Gasteiger partial charge in [0.25, 0.3) is 5.56 Å². The minimum atomic E-state index is -1.31. The van der Waals surface area contributed by atoms with Crippen molar-refractivity contribution in [2.75, 3.05) is 7.11 Å². The molecule has 0 radical (unpaired) electrons. The van der Waals surface area contributed by atoms with E-state index in [0.29, 0.717) is 11.3 Å². The Labute approximate surface area is 127 Å². The Morgan fingerprint density at radius 3 is 2.64 bits per heavy atom. The number of carbonyl (C=O) groups is 1. The number of benzene rings is 1. The van der Waals surface area contributed by atoms with Gasteiger partial charge in [-0.05, 0) is 12.5 Å². The number of H-pyrrole nitrogens is 2. The number of fused-ring (bicyclic) bond motifs is 1. The van der Waals surface area contributed by atoms with Gasteiger partial charge >= 0.3 is 5.97 Å². The molecule has 2 aromatic rings. The lowest BCUT2D eigenvalue weighted by atomic mass is 9.66. The Hall–Kier alpha value is -2.34. The van der Waals surface area contributed by atoms with Crippen LogP contribution in [0, 0.1) is 5.92 Å². The third-order valence-corrected chi connectivity index (χ3v) is 4.36. The zero-order valence-corrected chi connectivity index (χ0v) is 12.4. The summed E-state index contributed by atoms with van der Waals surface area (Å²) in [6.07, 6.45) is 0.185. The average molecular weight is 302 g/mol. The van der Waals surface area contributed by atoms with Crippen LogP contribution in [0.15, 0.2) is 35.1 Å². The maximum atomic E-state index is 12.3. The summed E-state index contributed by atoms with van der Waals surface area (Å²) in [4.78, 5) is 24.5. The van der Waals surface area contributed by atoms with Gasteiger partial charge in [-0.25, -0.2) is 0 Å². The van der Waals surface area contributed by atoms with E-state index in [-0.39, 0.29) is 12.0 Å². The van der Waals surface area contributed by atoms with E-state index in [4.69, 9.17) is 4.74 Å². The number of nitrogens with one attached hydrogen (secondary N) is 2. The summed E-state index contributed by atoms with van der Waals surface area (Å²) < 4.78 is 4.89. The minimum Gasteiger partial charge on any atom is -0.469 e. The molecule has 116 valence electrons. The van der Waals surface area contributed by atoms with E-state index in [1.165, 1.54) is 7.11 Å². The van der Waals surface area contributed by atoms with Crippen LogP contribution in [-0.2, 0) is 16.0 Å². The summed E-state index contributed by atoms with van der Waals surface area (Å²) >= 11 is 0. The molecule has 1 aliphatic rings. The molecule has 22 heavy (non-hydrogen) atoms. The molecule has 0 saturated carbocycles. The van der Waals surface area contributed by atoms with E-state index in [1.807, 2.05) is 30.3 Å². The normalized spacial score (nSPS) is 27.2. The monoisotopic (exact) mass is 302 g/mol. The molecule has 0 fully saturated rings. The molecule has 1 aliphatic carbocycles. The summed E-state index contributed by atoms with van der Waals surface area (Å²) in [7, 11) is 1.29. The standard InChI is InChI=1S/C16H18N2O4/c1-16(21)8-10-12(14(19)18-17-10)11(13(16)15(20)22-2)9-6-4-3-5-7-9/h3-7,11,13,21H,8H2,1-2H3,(H2,17,18,19)/t11-,13+,16+/m1/s1. The second-order valence-corrected chi connectivity index (χ2v) is 5.89. The molecule has 1 aromatic carbocycles. The maximum Gasteiger partial charge on any atom is 0.312 e. The second kappa shape index (κ2) is 5.14. The van der Waals surface area contributed by atoms with E-state index in [0.717, 1.165) is 5.56 Å². The van der Waals surface area contributed by atoms with Crippen molar-refractivity contribution in [2.24, 2.45) is 5.92 Å². The number of hydrogen-bond acceptors (Lipinski definition) is 4. The molecule has 1 aromatic heterocycles. The van der Waals surface area contributed by atoms with Crippen LogP contribution in [0.5, 0.6) is 0 Å². The van der Waals surface area contributed by atoms with E-state index in [1.54, 1.807) is 6.92 Å². The summed E-state index contributed by atoms with van der Waals surface area (Å²) in [5, 5.41) is 16.1. The molecule has 6 heteroatoms. The van der Waals surface area contributed by atoms with Gasteiger partial charge in [-0.2, -0.15) is 0 Å². The van der Waals surface area contributed by atoms with Crippen molar-refractivity contribution < 1.29 is 14.6 Å². The topological polar surface area (TPSA) is 95.2 Å². The van der Waals surface area contributed by atoms with Gasteiger partial charge in [0, 0.05) is 23.6 Å². The largest absolute Gasteiger partial charge is 0.469 e. The molecular formula is C16H18N2O4. The van der Waals surface area contributed by atoms with Crippen LogP contribution in [-0.4, -0.2) is 34.0 Å². The van der Waals surface area contributed by atoms with Gasteiger partial charge in [0.1, 0.15) is 0 Å². The zero-order valence-electron chi connectivity index (χ0n) is 12.4. The highest BCUT2D eigenvalue weighted by Gasteiger charge is 2.50. The minimum absolute atomic E-state index is 0.185. The van der Waals surface area contributed by atoms with Crippen LogP contribution < -0.4 is 5.56 Å². The van der Waals surface area contributed by atoms with E-state index < -0.39 is 23.4 Å². The molecule has 3 atom stereocenters. The molecule has 0 amide bonds. The predicted octanol–water partition coefficient (Wildman–Crippen LogP) is 0.931. The first-order chi connectivity index (χ1) is 10.5. The first-order valence-corrected chi connectivity index (χ1v) is 7.10. The summed E-state index contributed by atoms with van der Waals surface area (Å²) in [5.41, 5.74) is 0.334. The van der Waals surface area contributed by atoms with Crippen LogP contribution >= 0.6 is 0 Å². The van der Waals surface area contributed by atoms with Crippen LogP contribution in [0.1, 0.15) is 29.7 Å². The third-order valence-electron chi connectivity index (χ3n) is 4.36. The van der Waals surface area contributed by atoms with Crippen molar-refractivity contribution >= 4 is 5.97 Å². The lowest BCUT2D eigenvalue weighted by Crippen LogP contribution is -2.49. The SMILES string of the molecule is COC(=O)[C@@H]1[C@H](c2ccccc2)c2c([nH][nH]c2=O)C[C@]1(C)O. The summed E-state index contributed by atoms with van der Waals surface area (Å²) in [6, 6.07) is 9.23. The molecule has 3 N–H and O–H groups in total. The van der Waals surface area contributed by atoms with Gasteiger partial charge in [0.15, 0.2) is 0 Å². The molecule has 0 bridgehead atoms. The second-order valence-electron chi connectivity index (χ2n) is 5.89. The van der Waals surface area contributed by atoms with E-state index in [2.05, 4.69) is 10.2 Å². The molecule has 0 spiro atoms. The number of methoxy groups -OCH3 is 1. The number of aliphatic hydroxyl groups is 1. The van der Waals surface area contributed by atoms with Crippen molar-refractivity contribution in [2.45, 2.75) is 24.9 Å². The first-order valence-electron chi connectivity index (χ1n) is 7.10. The highest BCUT2D eigenvalue weighted by molar-refractivity contribution is 5.77. The number of hydrogen-bond donors (Lipinski definition) is 3.